The van der Waals surface area contributed by atoms with Crippen LogP contribution in [0.25, 0.3) is 0 Å². The van der Waals surface area contributed by atoms with E-state index >= 15 is 0 Å². The van der Waals surface area contributed by atoms with Crippen molar-refractivity contribution < 1.29 is 14.3 Å². The summed E-state index contributed by atoms with van der Waals surface area (Å²) >= 11 is 13.9. The van der Waals surface area contributed by atoms with E-state index < -0.39 is 6.04 Å². The third-order valence-electron chi connectivity index (χ3n) is 4.86. The Bertz CT molecular complexity index is 886. The Morgan fingerprint density at radius 1 is 1.09 bits per heavy atom. The van der Waals surface area contributed by atoms with Gasteiger partial charge in [0.1, 0.15) is 11.8 Å². The van der Waals surface area contributed by atoms with Gasteiger partial charge in [-0.3, -0.25) is 9.59 Å². The van der Waals surface area contributed by atoms with Gasteiger partial charge in [0.05, 0.1) is 12.9 Å². The number of rotatable bonds is 11. The molecule has 1 unspecified atom stereocenters. The molecule has 0 saturated heterocycles. The van der Waals surface area contributed by atoms with E-state index in [9.17, 15) is 9.59 Å². The van der Waals surface area contributed by atoms with Gasteiger partial charge in [0.2, 0.25) is 11.8 Å². The molecule has 2 aromatic rings. The molecule has 174 valence electrons. The maximum atomic E-state index is 13.3. The normalized spacial score (nSPS) is 11.8. The summed E-state index contributed by atoms with van der Waals surface area (Å²) in [6.07, 6.45) is 0.515. The highest BCUT2D eigenvalue weighted by atomic mass is 35.5. The number of carbonyl (C=O) groups excluding carboxylic acids is 2. The predicted molar refractivity (Wildman–Crippen MR) is 134 cm³/mol. The van der Waals surface area contributed by atoms with Gasteiger partial charge in [0, 0.05) is 28.4 Å². The van der Waals surface area contributed by atoms with Gasteiger partial charge in [-0.15, -0.1) is 11.8 Å². The molecular formula is C24H30Cl2N2O3S. The molecule has 0 aliphatic carbocycles. The van der Waals surface area contributed by atoms with Crippen molar-refractivity contribution in [3.05, 3.63) is 63.6 Å². The first-order valence-electron chi connectivity index (χ1n) is 10.5. The van der Waals surface area contributed by atoms with Crippen LogP contribution in [-0.2, 0) is 21.9 Å². The highest BCUT2D eigenvalue weighted by Crippen LogP contribution is 2.28. The third-order valence-corrected chi connectivity index (χ3v) is 6.51. The fourth-order valence-corrected chi connectivity index (χ4v) is 4.87. The van der Waals surface area contributed by atoms with Gasteiger partial charge < -0.3 is 15.0 Å². The van der Waals surface area contributed by atoms with Crippen molar-refractivity contribution in [2.24, 2.45) is 0 Å². The first-order chi connectivity index (χ1) is 15.3. The second-order valence-corrected chi connectivity index (χ2v) is 9.45. The van der Waals surface area contributed by atoms with E-state index in [1.807, 2.05) is 45.0 Å². The minimum atomic E-state index is -0.559. The van der Waals surface area contributed by atoms with Gasteiger partial charge in [-0.05, 0) is 55.7 Å². The number of benzene rings is 2. The summed E-state index contributed by atoms with van der Waals surface area (Å²) in [4.78, 5) is 27.7. The lowest BCUT2D eigenvalue weighted by Crippen LogP contribution is -2.50. The zero-order valence-electron chi connectivity index (χ0n) is 18.9. The molecular weight excluding hydrogens is 467 g/mol. The van der Waals surface area contributed by atoms with Crippen LogP contribution in [0.5, 0.6) is 5.75 Å². The van der Waals surface area contributed by atoms with Gasteiger partial charge in [0.25, 0.3) is 0 Å². The van der Waals surface area contributed by atoms with E-state index in [0.717, 1.165) is 16.9 Å². The molecule has 1 atom stereocenters. The molecule has 0 bridgehead atoms. The first-order valence-corrected chi connectivity index (χ1v) is 12.4. The van der Waals surface area contributed by atoms with Gasteiger partial charge in [-0.25, -0.2) is 0 Å². The van der Waals surface area contributed by atoms with Crippen molar-refractivity contribution in [2.45, 2.75) is 51.6 Å². The lowest BCUT2D eigenvalue weighted by atomic mass is 10.1. The number of hydrogen-bond donors (Lipinski definition) is 1. The number of methoxy groups -OCH3 is 1. The van der Waals surface area contributed by atoms with Gasteiger partial charge in [-0.1, -0.05) is 48.3 Å². The maximum absolute atomic E-state index is 13.3. The molecule has 2 aromatic carbocycles. The number of carbonyl (C=O) groups is 2. The van der Waals surface area contributed by atoms with Crippen LogP contribution < -0.4 is 10.1 Å². The van der Waals surface area contributed by atoms with Crippen LogP contribution in [0.15, 0.2) is 42.5 Å². The summed E-state index contributed by atoms with van der Waals surface area (Å²) in [6.45, 7) is 6.06. The van der Waals surface area contributed by atoms with Crippen LogP contribution >= 0.6 is 35.0 Å². The molecule has 2 amide bonds. The Labute approximate surface area is 204 Å². The zero-order chi connectivity index (χ0) is 23.7. The number of thioether (sulfide) groups is 1. The van der Waals surface area contributed by atoms with Crippen molar-refractivity contribution in [3.63, 3.8) is 0 Å². The van der Waals surface area contributed by atoms with Crippen molar-refractivity contribution >= 4 is 46.8 Å². The third kappa shape index (κ3) is 7.61. The van der Waals surface area contributed by atoms with Gasteiger partial charge >= 0.3 is 0 Å². The number of ether oxygens (including phenoxy) is 1. The maximum Gasteiger partial charge on any atom is 0.243 e. The topological polar surface area (TPSA) is 58.6 Å². The minimum Gasteiger partial charge on any atom is -0.497 e. The number of halogens is 2. The molecule has 0 aliphatic heterocycles. The number of hydrogen-bond acceptors (Lipinski definition) is 4. The SMILES string of the molecule is CCC(C(=O)NC(C)C)N(Cc1ccc(OC)cc1)C(=O)CSCc1c(Cl)cccc1Cl. The molecule has 0 saturated carbocycles. The monoisotopic (exact) mass is 496 g/mol. The van der Waals surface area contributed by atoms with E-state index in [1.54, 1.807) is 30.2 Å². The summed E-state index contributed by atoms with van der Waals surface area (Å²) < 4.78 is 5.22. The van der Waals surface area contributed by atoms with Crippen molar-refractivity contribution in [1.29, 1.82) is 0 Å². The average molecular weight is 497 g/mol. The summed E-state index contributed by atoms with van der Waals surface area (Å²) in [6, 6.07) is 12.3. The molecule has 0 radical (unpaired) electrons. The average Bonchev–Trinajstić information content (AvgIpc) is 2.75. The van der Waals surface area contributed by atoms with Crippen LogP contribution in [0.4, 0.5) is 0 Å². The number of amides is 2. The van der Waals surface area contributed by atoms with Crippen molar-refractivity contribution in [1.82, 2.24) is 10.2 Å². The highest BCUT2D eigenvalue weighted by Gasteiger charge is 2.29. The molecule has 0 fully saturated rings. The van der Waals surface area contributed by atoms with Gasteiger partial charge in [-0.2, -0.15) is 0 Å². The largest absolute Gasteiger partial charge is 0.497 e. The molecule has 5 nitrogen and oxygen atoms in total. The smallest absolute Gasteiger partial charge is 0.243 e. The zero-order valence-corrected chi connectivity index (χ0v) is 21.2. The number of nitrogens with zero attached hydrogens (tertiary/aromatic N) is 1. The van der Waals surface area contributed by atoms with Crippen molar-refractivity contribution in [2.75, 3.05) is 12.9 Å². The Morgan fingerprint density at radius 2 is 1.72 bits per heavy atom. The summed E-state index contributed by atoms with van der Waals surface area (Å²) in [7, 11) is 1.61. The van der Waals surface area contributed by atoms with Crippen LogP contribution in [0.2, 0.25) is 10.0 Å². The fourth-order valence-electron chi connectivity index (χ4n) is 3.22. The Morgan fingerprint density at radius 3 is 2.25 bits per heavy atom. The first kappa shape index (κ1) is 26.4. The lowest BCUT2D eigenvalue weighted by molar-refractivity contribution is -0.139. The Kier molecular flexibility index (Phi) is 10.7. The Hall–Kier alpha value is -1.89. The molecule has 32 heavy (non-hydrogen) atoms. The van der Waals surface area contributed by atoms with E-state index in [4.69, 9.17) is 27.9 Å². The van der Waals surface area contributed by atoms with E-state index in [-0.39, 0.29) is 23.6 Å². The van der Waals surface area contributed by atoms with Gasteiger partial charge in [0.15, 0.2) is 0 Å². The Balaban J connectivity index is 2.17. The molecule has 0 spiro atoms. The molecule has 0 heterocycles. The predicted octanol–water partition coefficient (Wildman–Crippen LogP) is 5.57. The summed E-state index contributed by atoms with van der Waals surface area (Å²) in [5.74, 6) is 1.20. The standard InChI is InChI=1S/C24H30Cl2N2O3S/c1-5-22(24(30)27-16(2)3)28(13-17-9-11-18(31-4)12-10-17)23(29)15-32-14-19-20(25)7-6-8-21(19)26/h6-12,16,22H,5,13-15H2,1-4H3,(H,27,30). The second kappa shape index (κ2) is 13.0. The minimum absolute atomic E-state index is 0.00812. The lowest BCUT2D eigenvalue weighted by Gasteiger charge is -2.31. The van der Waals surface area contributed by atoms with Crippen LogP contribution in [0.1, 0.15) is 38.3 Å². The molecule has 1 N–H and O–H groups in total. The van der Waals surface area contributed by atoms with E-state index in [0.29, 0.717) is 28.8 Å². The van der Waals surface area contributed by atoms with E-state index in [1.165, 1.54) is 11.8 Å². The highest BCUT2D eigenvalue weighted by molar-refractivity contribution is 7.99. The molecule has 8 heteroatoms. The number of nitrogens with one attached hydrogen (secondary N) is 1. The molecule has 0 aliphatic rings. The van der Waals surface area contributed by atoms with E-state index in [2.05, 4.69) is 5.32 Å². The summed E-state index contributed by atoms with van der Waals surface area (Å²) in [5, 5.41) is 4.09. The van der Waals surface area contributed by atoms with Crippen LogP contribution in [0, 0.1) is 0 Å². The molecule has 0 aromatic heterocycles. The second-order valence-electron chi connectivity index (χ2n) is 7.65. The summed E-state index contributed by atoms with van der Waals surface area (Å²) in [5.41, 5.74) is 1.73. The van der Waals surface area contributed by atoms with Crippen LogP contribution in [0.3, 0.4) is 0 Å². The van der Waals surface area contributed by atoms with Crippen molar-refractivity contribution in [3.8, 4) is 5.75 Å². The van der Waals surface area contributed by atoms with Crippen LogP contribution in [-0.4, -0.2) is 41.7 Å². The fraction of sp³-hybridized carbons (Fsp3) is 0.417. The quantitative estimate of drug-likeness (QED) is 0.441. The molecule has 2 rings (SSSR count).